The van der Waals surface area contributed by atoms with Gasteiger partial charge >= 0.3 is 0 Å². The first-order valence-corrected chi connectivity index (χ1v) is 4.84. The van der Waals surface area contributed by atoms with Crippen molar-refractivity contribution < 1.29 is 9.59 Å². The maximum atomic E-state index is 11.6. The average Bonchev–Trinajstić information content (AvgIpc) is 2.41. The second-order valence-electron chi connectivity index (χ2n) is 3.60. The zero-order valence-corrected chi connectivity index (χ0v) is 7.75. The highest BCUT2D eigenvalue weighted by atomic mass is 16.2. The second-order valence-corrected chi connectivity index (χ2v) is 3.60. The molecule has 2 unspecified atom stereocenters. The molecular formula is C9H14N2O2. The molecule has 0 aromatic carbocycles. The van der Waals surface area contributed by atoms with Gasteiger partial charge in [-0.25, -0.2) is 0 Å². The maximum Gasteiger partial charge on any atom is 0.247 e. The van der Waals surface area contributed by atoms with E-state index in [2.05, 4.69) is 5.32 Å². The molecule has 0 spiro atoms. The Morgan fingerprint density at radius 1 is 1.46 bits per heavy atom. The summed E-state index contributed by atoms with van der Waals surface area (Å²) in [5.41, 5.74) is 0. The smallest absolute Gasteiger partial charge is 0.247 e. The predicted molar refractivity (Wildman–Crippen MR) is 46.9 cm³/mol. The predicted octanol–water partition coefficient (Wildman–Crippen LogP) is -0.257. The van der Waals surface area contributed by atoms with Gasteiger partial charge in [-0.15, -0.1) is 0 Å². The van der Waals surface area contributed by atoms with Crippen LogP contribution in [-0.2, 0) is 9.59 Å². The quantitative estimate of drug-likeness (QED) is 0.568. The fourth-order valence-corrected chi connectivity index (χ4v) is 2.20. The lowest BCUT2D eigenvalue weighted by Crippen LogP contribution is -2.44. The van der Waals surface area contributed by atoms with Crippen molar-refractivity contribution in [2.24, 2.45) is 5.92 Å². The first-order chi connectivity index (χ1) is 6.25. The molecule has 2 heterocycles. The molecule has 4 heteroatoms. The maximum absolute atomic E-state index is 11.6. The minimum absolute atomic E-state index is 0.0182. The molecular weight excluding hydrogens is 168 g/mol. The zero-order chi connectivity index (χ0) is 9.42. The second kappa shape index (κ2) is 3.10. The van der Waals surface area contributed by atoms with Crippen LogP contribution in [-0.4, -0.2) is 35.8 Å². The minimum atomic E-state index is -0.221. The number of nitrogens with one attached hydrogen (secondary N) is 1. The normalized spacial score (nSPS) is 33.8. The third kappa shape index (κ3) is 1.16. The minimum Gasteiger partial charge on any atom is -0.305 e. The Labute approximate surface area is 77.3 Å². The number of hydrogen-bond donors (Lipinski definition) is 1. The Kier molecular flexibility index (Phi) is 2.07. The van der Waals surface area contributed by atoms with Gasteiger partial charge in [0, 0.05) is 6.54 Å². The number of amides is 2. The van der Waals surface area contributed by atoms with Crippen LogP contribution < -0.4 is 5.32 Å². The molecule has 0 aliphatic carbocycles. The number of fused-ring (bicyclic) bond motifs is 1. The van der Waals surface area contributed by atoms with Gasteiger partial charge in [-0.3, -0.25) is 14.5 Å². The summed E-state index contributed by atoms with van der Waals surface area (Å²) >= 11 is 0. The summed E-state index contributed by atoms with van der Waals surface area (Å²) in [6.45, 7) is 3.21. The van der Waals surface area contributed by atoms with Crippen molar-refractivity contribution in [1.29, 1.82) is 0 Å². The summed E-state index contributed by atoms with van der Waals surface area (Å²) in [6, 6.07) is -0.221. The summed E-state index contributed by atoms with van der Waals surface area (Å²) < 4.78 is 0. The molecule has 0 aromatic rings. The number of imide groups is 1. The molecule has 72 valence electrons. The molecule has 0 aromatic heterocycles. The monoisotopic (exact) mass is 182 g/mol. The van der Waals surface area contributed by atoms with Gasteiger partial charge in [0.05, 0.1) is 12.0 Å². The third-order valence-electron chi connectivity index (χ3n) is 2.89. The SMILES string of the molecule is CCN1C(=O)C2CCCNC2C1=O. The lowest BCUT2D eigenvalue weighted by molar-refractivity contribution is -0.139. The van der Waals surface area contributed by atoms with Crippen LogP contribution >= 0.6 is 0 Å². The summed E-state index contributed by atoms with van der Waals surface area (Å²) in [5.74, 6) is -0.0944. The molecule has 2 rings (SSSR count). The van der Waals surface area contributed by atoms with E-state index in [1.165, 1.54) is 4.90 Å². The molecule has 4 nitrogen and oxygen atoms in total. The molecule has 2 atom stereocenters. The number of piperidine rings is 1. The molecule has 0 bridgehead atoms. The van der Waals surface area contributed by atoms with Crippen LogP contribution in [0.2, 0.25) is 0 Å². The van der Waals surface area contributed by atoms with Crippen molar-refractivity contribution in [3.05, 3.63) is 0 Å². The van der Waals surface area contributed by atoms with Gasteiger partial charge in [0.25, 0.3) is 0 Å². The van der Waals surface area contributed by atoms with Crippen molar-refractivity contribution in [1.82, 2.24) is 10.2 Å². The molecule has 2 saturated heterocycles. The Balaban J connectivity index is 2.22. The van der Waals surface area contributed by atoms with E-state index < -0.39 is 0 Å². The Morgan fingerprint density at radius 3 is 2.85 bits per heavy atom. The number of hydrogen-bond acceptors (Lipinski definition) is 3. The third-order valence-corrected chi connectivity index (χ3v) is 2.89. The average molecular weight is 182 g/mol. The van der Waals surface area contributed by atoms with Crippen molar-refractivity contribution >= 4 is 11.8 Å². The lowest BCUT2D eigenvalue weighted by Gasteiger charge is -2.21. The van der Waals surface area contributed by atoms with Crippen LogP contribution in [0, 0.1) is 5.92 Å². The molecule has 0 radical (unpaired) electrons. The van der Waals surface area contributed by atoms with Gasteiger partial charge in [-0.2, -0.15) is 0 Å². The Morgan fingerprint density at radius 2 is 2.23 bits per heavy atom. The van der Waals surface area contributed by atoms with Crippen molar-refractivity contribution in [3.8, 4) is 0 Å². The van der Waals surface area contributed by atoms with Gasteiger partial charge in [0.1, 0.15) is 0 Å². The van der Waals surface area contributed by atoms with Crippen LogP contribution in [0.15, 0.2) is 0 Å². The number of carbonyl (C=O) groups is 2. The molecule has 2 amide bonds. The van der Waals surface area contributed by atoms with Gasteiger partial charge in [0.2, 0.25) is 11.8 Å². The summed E-state index contributed by atoms with van der Waals surface area (Å²) in [6.07, 6.45) is 1.86. The van der Waals surface area contributed by atoms with Crippen molar-refractivity contribution in [2.75, 3.05) is 13.1 Å². The fourth-order valence-electron chi connectivity index (χ4n) is 2.20. The van der Waals surface area contributed by atoms with E-state index in [-0.39, 0.29) is 23.8 Å². The number of likely N-dealkylation sites (tertiary alicyclic amines) is 1. The van der Waals surface area contributed by atoms with E-state index >= 15 is 0 Å². The van der Waals surface area contributed by atoms with Crippen LogP contribution in [0.1, 0.15) is 19.8 Å². The van der Waals surface area contributed by atoms with Gasteiger partial charge < -0.3 is 5.32 Å². The molecule has 13 heavy (non-hydrogen) atoms. The largest absolute Gasteiger partial charge is 0.305 e. The highest BCUT2D eigenvalue weighted by Gasteiger charge is 2.47. The lowest BCUT2D eigenvalue weighted by atomic mass is 9.93. The fraction of sp³-hybridized carbons (Fsp3) is 0.778. The van der Waals surface area contributed by atoms with Gasteiger partial charge in [-0.1, -0.05) is 0 Å². The Hall–Kier alpha value is -0.900. The topological polar surface area (TPSA) is 49.4 Å². The standard InChI is InChI=1S/C9H14N2O2/c1-2-11-8(12)6-4-3-5-10-7(6)9(11)13/h6-7,10H,2-5H2,1H3. The van der Waals surface area contributed by atoms with Gasteiger partial charge in [0.15, 0.2) is 0 Å². The van der Waals surface area contributed by atoms with Crippen molar-refractivity contribution in [2.45, 2.75) is 25.8 Å². The van der Waals surface area contributed by atoms with Crippen LogP contribution in [0.5, 0.6) is 0 Å². The number of carbonyl (C=O) groups excluding carboxylic acids is 2. The molecule has 1 N–H and O–H groups in total. The van der Waals surface area contributed by atoms with E-state index in [1.807, 2.05) is 6.92 Å². The number of likely N-dealkylation sites (N-methyl/N-ethyl adjacent to an activating group) is 1. The Bertz CT molecular complexity index is 228. The summed E-state index contributed by atoms with van der Waals surface area (Å²) in [4.78, 5) is 24.6. The highest BCUT2D eigenvalue weighted by molar-refractivity contribution is 6.07. The molecule has 2 aliphatic heterocycles. The number of nitrogens with zero attached hydrogens (tertiary/aromatic N) is 1. The first kappa shape index (κ1) is 8.69. The van der Waals surface area contributed by atoms with Crippen LogP contribution in [0.3, 0.4) is 0 Å². The van der Waals surface area contributed by atoms with Crippen LogP contribution in [0.4, 0.5) is 0 Å². The van der Waals surface area contributed by atoms with Gasteiger partial charge in [-0.05, 0) is 26.3 Å². The molecule has 2 fully saturated rings. The van der Waals surface area contributed by atoms with E-state index in [0.717, 1.165) is 19.4 Å². The van der Waals surface area contributed by atoms with E-state index in [0.29, 0.717) is 6.54 Å². The van der Waals surface area contributed by atoms with E-state index in [1.54, 1.807) is 0 Å². The molecule has 0 saturated carbocycles. The van der Waals surface area contributed by atoms with Crippen molar-refractivity contribution in [3.63, 3.8) is 0 Å². The van der Waals surface area contributed by atoms with E-state index in [9.17, 15) is 9.59 Å². The molecule has 2 aliphatic rings. The van der Waals surface area contributed by atoms with Crippen LogP contribution in [0.25, 0.3) is 0 Å². The summed E-state index contributed by atoms with van der Waals surface area (Å²) in [7, 11) is 0. The number of rotatable bonds is 1. The zero-order valence-electron chi connectivity index (χ0n) is 7.75. The highest BCUT2D eigenvalue weighted by Crippen LogP contribution is 2.26. The summed E-state index contributed by atoms with van der Waals surface area (Å²) in [5, 5.41) is 3.11. The van der Waals surface area contributed by atoms with E-state index in [4.69, 9.17) is 0 Å². The first-order valence-electron chi connectivity index (χ1n) is 4.84.